The fourth-order valence-electron chi connectivity index (χ4n) is 19.0. The number of aromatic nitrogens is 9. The third-order valence-electron chi connectivity index (χ3n) is 25.8. The summed E-state index contributed by atoms with van der Waals surface area (Å²) in [7, 11) is 0. The van der Waals surface area contributed by atoms with Crippen LogP contribution in [-0.4, -0.2) is 44.9 Å². The Kier molecular flexibility index (Phi) is 23.0. The molecular formula is C129H85N9. The molecule has 0 amide bonds. The van der Waals surface area contributed by atoms with Gasteiger partial charge in [0.1, 0.15) is 0 Å². The van der Waals surface area contributed by atoms with Gasteiger partial charge in [0, 0.05) is 116 Å². The fourth-order valence-corrected chi connectivity index (χ4v) is 19.0. The van der Waals surface area contributed by atoms with E-state index in [1.165, 1.54) is 87.1 Å². The number of hydrogen-bond donors (Lipinski definition) is 0. The van der Waals surface area contributed by atoms with Crippen molar-refractivity contribution in [2.24, 2.45) is 0 Å². The zero-order valence-electron chi connectivity index (χ0n) is 75.1. The average Bonchev–Trinajstić information content (AvgIpc) is 0.760. The molecule has 6 aromatic heterocycles. The smallest absolute Gasteiger partial charge is 0.160 e. The molecule has 19 aromatic carbocycles. The molecule has 0 radical (unpaired) electrons. The Morgan fingerprint density at radius 3 is 0.935 bits per heavy atom. The second-order valence-electron chi connectivity index (χ2n) is 34.3. The molecule has 0 aliphatic heterocycles. The van der Waals surface area contributed by atoms with Crippen molar-refractivity contribution in [2.45, 2.75) is 0 Å². The third-order valence-corrected chi connectivity index (χ3v) is 25.8. The van der Waals surface area contributed by atoms with Crippen LogP contribution in [0.4, 0.5) is 0 Å². The molecule has 0 saturated heterocycles. The summed E-state index contributed by atoms with van der Waals surface area (Å²) in [6.45, 7) is 0. The molecule has 25 aromatic rings. The summed E-state index contributed by atoms with van der Waals surface area (Å²) in [5.41, 5.74) is 30.7. The van der Waals surface area contributed by atoms with Crippen LogP contribution in [0.1, 0.15) is 0 Å². The first kappa shape index (κ1) is 83.7. The van der Waals surface area contributed by atoms with Gasteiger partial charge in [-0.2, -0.15) is 0 Å². The van der Waals surface area contributed by atoms with Gasteiger partial charge in [0.05, 0.1) is 22.8 Å². The predicted octanol–water partition coefficient (Wildman–Crippen LogP) is 33.2. The number of rotatable bonds is 16. The molecule has 0 saturated carbocycles. The van der Waals surface area contributed by atoms with Crippen LogP contribution in [0.2, 0.25) is 0 Å². The normalized spacial score (nSPS) is 11.2. The minimum absolute atomic E-state index is 0.691. The monoisotopic (exact) mass is 1760 g/mol. The Bertz CT molecular complexity index is 8790. The summed E-state index contributed by atoms with van der Waals surface area (Å²) in [6.07, 6.45) is 15.0. The average molecular weight is 1760 g/mol. The predicted molar refractivity (Wildman–Crippen MR) is 571 cm³/mol. The lowest BCUT2D eigenvalue weighted by Gasteiger charge is -2.15. The number of hydrogen-bond acceptors (Lipinski definition) is 9. The lowest BCUT2D eigenvalue weighted by molar-refractivity contribution is 1.18. The van der Waals surface area contributed by atoms with E-state index in [9.17, 15) is 0 Å². The SMILES string of the molecule is c1ccc(-c2ccc(-c3cc(-c4cccc(-c5cccnc5)c4)nc(-c4ccc(-c5cccc6ccccc56)cc4)n3)cc2)cc1.c1ccc(-c2ncc(-c3cccc(-c4cccnc4)c3)c(-c3cccc(-c4cc5ccccc5c5ccccc45)c3)n2)cc1.c1cncc(-c2cccc(-c3cnc(-c4cccc5ccccc45)nc3-c3cccc(-c4cc5ccccc5c5ccccc45)c3)c2)c1. The Hall–Kier alpha value is -18.6. The quantitative estimate of drug-likeness (QED) is 0.0872. The molecule has 0 aliphatic rings. The summed E-state index contributed by atoms with van der Waals surface area (Å²) >= 11 is 0. The van der Waals surface area contributed by atoms with Crippen LogP contribution in [0, 0.1) is 0 Å². The number of nitrogens with zero attached hydrogens (tertiary/aromatic N) is 9. The first-order valence-corrected chi connectivity index (χ1v) is 46.4. The first-order valence-electron chi connectivity index (χ1n) is 46.4. The van der Waals surface area contributed by atoms with Gasteiger partial charge < -0.3 is 0 Å². The number of pyridine rings is 3. The van der Waals surface area contributed by atoms with Crippen molar-refractivity contribution >= 4 is 64.6 Å². The maximum Gasteiger partial charge on any atom is 0.160 e. The Morgan fingerprint density at radius 1 is 0.130 bits per heavy atom. The van der Waals surface area contributed by atoms with Crippen molar-refractivity contribution in [3.63, 3.8) is 0 Å². The van der Waals surface area contributed by atoms with Crippen LogP contribution in [0.3, 0.4) is 0 Å². The van der Waals surface area contributed by atoms with Gasteiger partial charge in [-0.05, 0) is 204 Å². The van der Waals surface area contributed by atoms with E-state index in [-0.39, 0.29) is 0 Å². The topological polar surface area (TPSA) is 116 Å². The first-order chi connectivity index (χ1) is 68.4. The van der Waals surface area contributed by atoms with Crippen molar-refractivity contribution in [3.8, 4) is 179 Å². The van der Waals surface area contributed by atoms with Crippen LogP contribution in [0.15, 0.2) is 517 Å². The van der Waals surface area contributed by atoms with E-state index < -0.39 is 0 Å². The van der Waals surface area contributed by atoms with E-state index in [4.69, 9.17) is 29.9 Å². The van der Waals surface area contributed by atoms with Crippen molar-refractivity contribution < 1.29 is 0 Å². The van der Waals surface area contributed by atoms with Crippen LogP contribution in [0.5, 0.6) is 0 Å². The molecule has 0 N–H and O–H groups in total. The Labute approximate surface area is 800 Å². The molecule has 6 heterocycles. The Balaban J connectivity index is 0.000000116. The van der Waals surface area contributed by atoms with Crippen LogP contribution < -0.4 is 0 Å². The van der Waals surface area contributed by atoms with Crippen LogP contribution >= 0.6 is 0 Å². The van der Waals surface area contributed by atoms with Crippen LogP contribution in [0.25, 0.3) is 244 Å². The Morgan fingerprint density at radius 2 is 0.442 bits per heavy atom. The minimum atomic E-state index is 0.691. The standard InChI is InChI=1S/C45H29N3.C43H29N3.C41H27N3/c1-3-19-37-30(11-1)13-9-23-41(37)45-47-29-43(33-16-7-14-31(25-33)36-18-10-24-46-28-36)44(48-45)35-17-8-15-32(26-35)42-27-34-12-2-4-20-38(34)39-21-5-6-22-40(39)42;1-2-9-30(10-3-1)31-18-22-34(23-19-31)41-28-42(37-14-6-13-36(27-37)38-15-8-26-44-29-38)46-43(45-41)35-24-20-33(21-25-35)40-17-7-12-32-11-4-5-16-39(32)40;1-2-11-28(12-3-1)41-43-27-39(31-16-8-14-29(23-31)34-18-10-22-42-26-34)40(44-41)33-17-9-15-30(24-33)38-25-32-13-4-5-19-35(32)36-20-6-7-21-37(36)38/h1-29H;1-29H;1-27H. The lowest BCUT2D eigenvalue weighted by atomic mass is 9.91. The molecule has 0 spiro atoms. The zero-order chi connectivity index (χ0) is 91.9. The molecule has 0 aliphatic carbocycles. The third kappa shape index (κ3) is 17.3. The van der Waals surface area contributed by atoms with Crippen molar-refractivity contribution in [1.29, 1.82) is 0 Å². The minimum Gasteiger partial charge on any atom is -0.264 e. The highest BCUT2D eigenvalue weighted by Crippen LogP contribution is 2.45. The molecule has 9 nitrogen and oxygen atoms in total. The van der Waals surface area contributed by atoms with Gasteiger partial charge in [-0.25, -0.2) is 29.9 Å². The van der Waals surface area contributed by atoms with Crippen molar-refractivity contribution in [2.75, 3.05) is 0 Å². The van der Waals surface area contributed by atoms with Gasteiger partial charge in [0.25, 0.3) is 0 Å². The molecule has 0 bridgehead atoms. The largest absolute Gasteiger partial charge is 0.264 e. The molecule has 0 unspecified atom stereocenters. The van der Waals surface area contributed by atoms with E-state index in [0.717, 1.165) is 139 Å². The molecule has 0 atom stereocenters. The van der Waals surface area contributed by atoms with Crippen molar-refractivity contribution in [1.82, 2.24) is 44.9 Å². The van der Waals surface area contributed by atoms with Gasteiger partial charge in [-0.3, -0.25) is 15.0 Å². The highest BCUT2D eigenvalue weighted by atomic mass is 14.9. The zero-order valence-corrected chi connectivity index (χ0v) is 75.1. The summed E-state index contributed by atoms with van der Waals surface area (Å²) in [5.74, 6) is 2.10. The van der Waals surface area contributed by atoms with Gasteiger partial charge in [-0.15, -0.1) is 0 Å². The van der Waals surface area contributed by atoms with E-state index in [0.29, 0.717) is 17.5 Å². The van der Waals surface area contributed by atoms with E-state index in [2.05, 4.69) is 440 Å². The molecule has 646 valence electrons. The molecule has 0 fully saturated rings. The summed E-state index contributed by atoms with van der Waals surface area (Å²) < 4.78 is 0. The second-order valence-corrected chi connectivity index (χ2v) is 34.3. The maximum absolute atomic E-state index is 5.37. The lowest BCUT2D eigenvalue weighted by Crippen LogP contribution is -1.97. The van der Waals surface area contributed by atoms with Crippen LogP contribution in [-0.2, 0) is 0 Å². The van der Waals surface area contributed by atoms with Crippen molar-refractivity contribution in [3.05, 3.63) is 517 Å². The molecular weight excluding hydrogens is 1680 g/mol. The maximum atomic E-state index is 5.37. The molecule has 25 rings (SSSR count). The van der Waals surface area contributed by atoms with Gasteiger partial charge in [0.15, 0.2) is 17.5 Å². The van der Waals surface area contributed by atoms with E-state index in [1.54, 1.807) is 18.6 Å². The van der Waals surface area contributed by atoms with E-state index >= 15 is 0 Å². The summed E-state index contributed by atoms with van der Waals surface area (Å²) in [5, 5.41) is 14.7. The fraction of sp³-hybridized carbons (Fsp3) is 0. The van der Waals surface area contributed by atoms with Gasteiger partial charge >= 0.3 is 0 Å². The highest BCUT2D eigenvalue weighted by Gasteiger charge is 2.22. The summed E-state index contributed by atoms with van der Waals surface area (Å²) in [4.78, 5) is 43.7. The molecule has 138 heavy (non-hydrogen) atoms. The van der Waals surface area contributed by atoms with Gasteiger partial charge in [-0.1, -0.05) is 400 Å². The van der Waals surface area contributed by atoms with E-state index in [1.807, 2.05) is 73.4 Å². The number of fused-ring (bicyclic) bond motifs is 8. The summed E-state index contributed by atoms with van der Waals surface area (Å²) in [6, 6.07) is 164. The van der Waals surface area contributed by atoms with Gasteiger partial charge in [0.2, 0.25) is 0 Å². The number of benzene rings is 19. The molecule has 9 heteroatoms. The second kappa shape index (κ2) is 38.0. The highest BCUT2D eigenvalue weighted by molar-refractivity contribution is 6.16.